The summed E-state index contributed by atoms with van der Waals surface area (Å²) in [7, 11) is 0. The van der Waals surface area contributed by atoms with E-state index in [0.29, 0.717) is 5.56 Å². The zero-order valence-electron chi connectivity index (χ0n) is 13.9. The summed E-state index contributed by atoms with van der Waals surface area (Å²) in [6.07, 6.45) is 3.51. The number of hydrogen-bond donors (Lipinski definition) is 0. The molecular weight excluding hydrogens is 288 g/mol. The molecule has 1 aliphatic rings. The highest BCUT2D eigenvalue weighted by Crippen LogP contribution is 2.12. The van der Waals surface area contributed by atoms with Crippen LogP contribution >= 0.6 is 0 Å². The number of benzene rings is 1. The lowest BCUT2D eigenvalue weighted by atomic mass is 10.1. The number of hydrogen-bond acceptors (Lipinski definition) is 3. The highest BCUT2D eigenvalue weighted by atomic mass is 16.2. The highest BCUT2D eigenvalue weighted by molar-refractivity contribution is 5.93. The molecule has 1 amide bonds. The molecule has 0 radical (unpaired) electrons. The van der Waals surface area contributed by atoms with E-state index in [1.54, 1.807) is 10.9 Å². The Kier molecular flexibility index (Phi) is 4.76. The Balaban J connectivity index is 1.53. The summed E-state index contributed by atoms with van der Waals surface area (Å²) in [5, 5.41) is 4.19. The van der Waals surface area contributed by atoms with Crippen molar-refractivity contribution in [2.24, 2.45) is 0 Å². The van der Waals surface area contributed by atoms with Crippen molar-refractivity contribution in [3.8, 4) is 0 Å². The van der Waals surface area contributed by atoms with Crippen molar-refractivity contribution in [1.82, 2.24) is 19.6 Å². The number of carbonyl (C=O) groups is 1. The van der Waals surface area contributed by atoms with Crippen LogP contribution in [0.5, 0.6) is 0 Å². The van der Waals surface area contributed by atoms with E-state index in [0.717, 1.165) is 39.3 Å². The molecule has 0 aliphatic carbocycles. The molecule has 1 aliphatic heterocycles. The first-order valence-corrected chi connectivity index (χ1v) is 8.25. The molecule has 1 saturated heterocycles. The van der Waals surface area contributed by atoms with Crippen molar-refractivity contribution in [3.63, 3.8) is 0 Å². The molecule has 1 aromatic carbocycles. The predicted octanol–water partition coefficient (Wildman–Crippen LogP) is 2.17. The van der Waals surface area contributed by atoms with E-state index in [-0.39, 0.29) is 5.91 Å². The molecule has 1 aromatic heterocycles. The van der Waals surface area contributed by atoms with Gasteiger partial charge in [0.05, 0.1) is 11.8 Å². The van der Waals surface area contributed by atoms with Crippen LogP contribution in [0.2, 0.25) is 0 Å². The van der Waals surface area contributed by atoms with Crippen LogP contribution in [0.4, 0.5) is 0 Å². The van der Waals surface area contributed by atoms with Gasteiger partial charge in [0.25, 0.3) is 5.91 Å². The molecule has 23 heavy (non-hydrogen) atoms. The molecule has 0 atom stereocenters. The number of piperazine rings is 1. The maximum atomic E-state index is 12.5. The lowest BCUT2D eigenvalue weighted by Gasteiger charge is -2.34. The average Bonchev–Trinajstić information content (AvgIpc) is 3.06. The number of amides is 1. The van der Waals surface area contributed by atoms with Gasteiger partial charge < -0.3 is 4.90 Å². The lowest BCUT2D eigenvalue weighted by molar-refractivity contribution is 0.0628. The van der Waals surface area contributed by atoms with Gasteiger partial charge in [-0.25, -0.2) is 0 Å². The van der Waals surface area contributed by atoms with Gasteiger partial charge in [-0.3, -0.25) is 14.4 Å². The molecular formula is C18H24N4O. The lowest BCUT2D eigenvalue weighted by Crippen LogP contribution is -2.48. The van der Waals surface area contributed by atoms with Gasteiger partial charge in [0.1, 0.15) is 0 Å². The van der Waals surface area contributed by atoms with Crippen LogP contribution in [0.15, 0.2) is 36.7 Å². The first-order valence-electron chi connectivity index (χ1n) is 8.25. The number of carbonyl (C=O) groups excluding carboxylic acids is 1. The molecule has 0 saturated carbocycles. The van der Waals surface area contributed by atoms with Gasteiger partial charge in [-0.05, 0) is 19.4 Å². The molecule has 2 heterocycles. The first kappa shape index (κ1) is 15.7. The largest absolute Gasteiger partial charge is 0.336 e. The fraction of sp³-hybridized carbons (Fsp3) is 0.444. The van der Waals surface area contributed by atoms with Gasteiger partial charge >= 0.3 is 0 Å². The number of rotatable bonds is 4. The molecule has 2 aromatic rings. The van der Waals surface area contributed by atoms with E-state index in [2.05, 4.69) is 41.2 Å². The summed E-state index contributed by atoms with van der Waals surface area (Å²) < 4.78 is 1.79. The van der Waals surface area contributed by atoms with Gasteiger partial charge in [0, 0.05) is 45.5 Å². The van der Waals surface area contributed by atoms with Gasteiger partial charge in [-0.15, -0.1) is 0 Å². The van der Waals surface area contributed by atoms with Crippen LogP contribution in [-0.4, -0.2) is 51.7 Å². The molecule has 0 spiro atoms. The fourth-order valence-electron chi connectivity index (χ4n) is 2.89. The Morgan fingerprint density at radius 2 is 1.83 bits per heavy atom. The maximum Gasteiger partial charge on any atom is 0.257 e. The van der Waals surface area contributed by atoms with Crippen LogP contribution in [0.25, 0.3) is 0 Å². The smallest absolute Gasteiger partial charge is 0.257 e. The van der Waals surface area contributed by atoms with E-state index in [4.69, 9.17) is 0 Å². The summed E-state index contributed by atoms with van der Waals surface area (Å²) in [6, 6.07) is 8.68. The third-order valence-electron chi connectivity index (χ3n) is 4.39. The van der Waals surface area contributed by atoms with Crippen LogP contribution < -0.4 is 0 Å². The molecule has 0 N–H and O–H groups in total. The van der Waals surface area contributed by atoms with Crippen LogP contribution in [0, 0.1) is 6.92 Å². The monoisotopic (exact) mass is 312 g/mol. The van der Waals surface area contributed by atoms with Crippen molar-refractivity contribution in [3.05, 3.63) is 53.3 Å². The second kappa shape index (κ2) is 6.96. The van der Waals surface area contributed by atoms with E-state index in [9.17, 15) is 4.79 Å². The van der Waals surface area contributed by atoms with Crippen LogP contribution in [0.1, 0.15) is 28.4 Å². The predicted molar refractivity (Wildman–Crippen MR) is 90.3 cm³/mol. The quantitative estimate of drug-likeness (QED) is 0.869. The molecule has 5 heteroatoms. The SMILES string of the molecule is CCn1cc(C(=O)N2CCN(Cc3ccc(C)cc3)CC2)cn1. The Morgan fingerprint density at radius 3 is 2.43 bits per heavy atom. The van der Waals surface area contributed by atoms with Crippen molar-refractivity contribution >= 4 is 5.91 Å². The zero-order chi connectivity index (χ0) is 16.2. The van der Waals surface area contributed by atoms with Crippen molar-refractivity contribution in [2.75, 3.05) is 26.2 Å². The summed E-state index contributed by atoms with van der Waals surface area (Å²) in [5.41, 5.74) is 3.32. The minimum absolute atomic E-state index is 0.0969. The van der Waals surface area contributed by atoms with E-state index >= 15 is 0 Å². The average molecular weight is 312 g/mol. The molecule has 1 fully saturated rings. The summed E-state index contributed by atoms with van der Waals surface area (Å²) in [6.45, 7) is 9.26. The number of nitrogens with zero attached hydrogens (tertiary/aromatic N) is 4. The normalized spacial score (nSPS) is 15.8. The molecule has 0 bridgehead atoms. The maximum absolute atomic E-state index is 12.5. The third kappa shape index (κ3) is 3.79. The van der Waals surface area contributed by atoms with E-state index in [1.165, 1.54) is 11.1 Å². The van der Waals surface area contributed by atoms with Gasteiger partial charge in [0.15, 0.2) is 0 Å². The fourth-order valence-corrected chi connectivity index (χ4v) is 2.89. The molecule has 3 rings (SSSR count). The number of aryl methyl sites for hydroxylation is 2. The Hall–Kier alpha value is -2.14. The Labute approximate surface area is 137 Å². The van der Waals surface area contributed by atoms with Gasteiger partial charge in [-0.2, -0.15) is 5.10 Å². The molecule has 0 unspecified atom stereocenters. The first-order chi connectivity index (χ1) is 11.2. The summed E-state index contributed by atoms with van der Waals surface area (Å²) >= 11 is 0. The highest BCUT2D eigenvalue weighted by Gasteiger charge is 2.22. The molecule has 5 nitrogen and oxygen atoms in total. The van der Waals surface area contributed by atoms with Crippen LogP contribution in [0.3, 0.4) is 0 Å². The third-order valence-corrected chi connectivity index (χ3v) is 4.39. The number of aromatic nitrogens is 2. The van der Waals surface area contributed by atoms with Crippen LogP contribution in [-0.2, 0) is 13.1 Å². The zero-order valence-corrected chi connectivity index (χ0v) is 13.9. The minimum atomic E-state index is 0.0969. The summed E-state index contributed by atoms with van der Waals surface area (Å²) in [4.78, 5) is 16.8. The van der Waals surface area contributed by atoms with Crippen molar-refractivity contribution in [2.45, 2.75) is 26.9 Å². The standard InChI is InChI=1S/C18H24N4O/c1-3-22-14-17(12-19-22)18(23)21-10-8-20(9-11-21)13-16-6-4-15(2)5-7-16/h4-7,12,14H,3,8-11,13H2,1-2H3. The topological polar surface area (TPSA) is 41.4 Å². The Morgan fingerprint density at radius 1 is 1.13 bits per heavy atom. The summed E-state index contributed by atoms with van der Waals surface area (Å²) in [5.74, 6) is 0.0969. The van der Waals surface area contributed by atoms with E-state index in [1.807, 2.05) is 18.0 Å². The molecule has 122 valence electrons. The second-order valence-electron chi connectivity index (χ2n) is 6.14. The van der Waals surface area contributed by atoms with Gasteiger partial charge in [0.2, 0.25) is 0 Å². The van der Waals surface area contributed by atoms with Crippen molar-refractivity contribution in [1.29, 1.82) is 0 Å². The Bertz CT molecular complexity index is 654. The second-order valence-corrected chi connectivity index (χ2v) is 6.14. The minimum Gasteiger partial charge on any atom is -0.336 e. The van der Waals surface area contributed by atoms with E-state index < -0.39 is 0 Å². The van der Waals surface area contributed by atoms with Crippen molar-refractivity contribution < 1.29 is 4.79 Å². The van der Waals surface area contributed by atoms with Gasteiger partial charge in [-0.1, -0.05) is 29.8 Å².